The van der Waals surface area contributed by atoms with Crippen molar-refractivity contribution in [2.24, 2.45) is 5.73 Å². The van der Waals surface area contributed by atoms with E-state index >= 15 is 0 Å². The average molecular weight is 172 g/mol. The molecule has 0 saturated heterocycles. The van der Waals surface area contributed by atoms with Gasteiger partial charge in [0, 0.05) is 5.97 Å². The van der Waals surface area contributed by atoms with E-state index in [9.17, 15) is 9.90 Å². The molecule has 0 aromatic carbocycles. The van der Waals surface area contributed by atoms with E-state index in [2.05, 4.69) is 18.4 Å². The van der Waals surface area contributed by atoms with Gasteiger partial charge in [0.2, 0.25) is 0 Å². The number of carbonyl (C=O) groups excluding carboxylic acids is 1. The van der Waals surface area contributed by atoms with E-state index in [-0.39, 0.29) is 41.1 Å². The zero-order chi connectivity index (χ0) is 7.86. The Morgan fingerprint density at radius 1 is 1.80 bits per heavy atom. The number of rotatable bonds is 1. The molecule has 3 N–H and O–H groups in total. The number of carboxylic acids is 1. The number of aliphatic carboxylic acids is 1. The molecule has 0 bridgehead atoms. The fourth-order valence-corrected chi connectivity index (χ4v) is 0. The normalized spacial score (nSPS) is 6.20. The summed E-state index contributed by atoms with van der Waals surface area (Å²) in [5.41, 5.74) is 4.56. The molecule has 54 valence electrons. The standard InChI is InChI=1S/C3H6O2.CH4N2S.Na/c1-2-3(4)5;2-1(3)4;/h2H2,1H3,(H,4,5);(H4,2,3,4);/q;;+1/p-1. The second kappa shape index (κ2) is 12.0. The maximum absolute atomic E-state index is 9.26. The second-order valence-corrected chi connectivity index (χ2v) is 1.59. The number of carboxylic acid groups (broad SMARTS) is 1. The van der Waals surface area contributed by atoms with Gasteiger partial charge >= 0.3 is 29.6 Å². The first-order chi connectivity index (χ1) is 4.00. The predicted molar refractivity (Wildman–Crippen MR) is 36.2 cm³/mol. The number of hydrogen-bond donors (Lipinski definition) is 3. The Kier molecular flexibility index (Phi) is 20.1. The van der Waals surface area contributed by atoms with Crippen LogP contribution < -0.4 is 40.4 Å². The van der Waals surface area contributed by atoms with Crippen molar-refractivity contribution >= 4 is 23.8 Å². The summed E-state index contributed by atoms with van der Waals surface area (Å²) in [6.45, 7) is 1.54. The maximum Gasteiger partial charge on any atom is 1.00 e. The molecule has 0 radical (unpaired) electrons. The topological polar surface area (TPSA) is 90.0 Å². The van der Waals surface area contributed by atoms with Gasteiger partial charge in [0.25, 0.3) is 0 Å². The third-order valence-electron chi connectivity index (χ3n) is 0.289. The fraction of sp³-hybridized carbons (Fsp3) is 0.500. The Labute approximate surface area is 87.4 Å². The summed E-state index contributed by atoms with van der Waals surface area (Å²) in [5, 5.41) is 15.3. The molecular formula is C4H9N2NaO2S. The largest absolute Gasteiger partial charge is 1.00 e. The molecule has 10 heavy (non-hydrogen) atoms. The minimum Gasteiger partial charge on any atom is -0.550 e. The van der Waals surface area contributed by atoms with Crippen molar-refractivity contribution in [1.82, 2.24) is 0 Å². The van der Waals surface area contributed by atoms with Crippen molar-refractivity contribution in [3.8, 4) is 0 Å². The molecule has 0 atom stereocenters. The van der Waals surface area contributed by atoms with Gasteiger partial charge in [-0.15, -0.1) is 12.6 Å². The van der Waals surface area contributed by atoms with Crippen molar-refractivity contribution < 1.29 is 39.5 Å². The first-order valence-corrected chi connectivity index (χ1v) is 2.68. The molecule has 6 heteroatoms. The number of hydrogen-bond acceptors (Lipinski definition) is 3. The molecule has 0 aliphatic carbocycles. The molecule has 0 aliphatic heterocycles. The van der Waals surface area contributed by atoms with E-state index in [4.69, 9.17) is 5.41 Å². The van der Waals surface area contributed by atoms with E-state index in [1.54, 1.807) is 0 Å². The predicted octanol–water partition coefficient (Wildman–Crippen LogP) is -4.04. The molecule has 0 aliphatic rings. The Morgan fingerprint density at radius 3 is 1.90 bits per heavy atom. The van der Waals surface area contributed by atoms with Crippen molar-refractivity contribution in [2.45, 2.75) is 13.3 Å². The smallest absolute Gasteiger partial charge is 0.550 e. The van der Waals surface area contributed by atoms with Gasteiger partial charge in [-0.25, -0.2) is 0 Å². The van der Waals surface area contributed by atoms with Crippen molar-refractivity contribution in [2.75, 3.05) is 0 Å². The zero-order valence-corrected chi connectivity index (χ0v) is 8.94. The number of nitrogens with one attached hydrogen (secondary N) is 1. The average Bonchev–Trinajstić information content (AvgIpc) is 1.65. The van der Waals surface area contributed by atoms with Crippen LogP contribution in [0.3, 0.4) is 0 Å². The minimum absolute atomic E-state index is 0. The molecule has 0 unspecified atom stereocenters. The molecular weight excluding hydrogens is 163 g/mol. The summed E-state index contributed by atoms with van der Waals surface area (Å²) < 4.78 is 0. The van der Waals surface area contributed by atoms with Crippen molar-refractivity contribution in [3.63, 3.8) is 0 Å². The van der Waals surface area contributed by atoms with E-state index in [1.807, 2.05) is 0 Å². The van der Waals surface area contributed by atoms with Gasteiger partial charge in [-0.05, 0) is 6.42 Å². The van der Waals surface area contributed by atoms with Crippen LogP contribution in [-0.2, 0) is 4.79 Å². The van der Waals surface area contributed by atoms with Crippen LogP contribution in [0.4, 0.5) is 0 Å². The molecule has 0 heterocycles. The van der Waals surface area contributed by atoms with Gasteiger partial charge in [0.15, 0.2) is 0 Å². The number of thiol groups is 1. The van der Waals surface area contributed by atoms with Crippen LogP contribution in [0, 0.1) is 5.41 Å². The maximum atomic E-state index is 9.26. The third kappa shape index (κ3) is 84.0. The number of amidine groups is 1. The van der Waals surface area contributed by atoms with Crippen LogP contribution in [0.1, 0.15) is 13.3 Å². The first-order valence-electron chi connectivity index (χ1n) is 2.23. The second-order valence-electron chi connectivity index (χ2n) is 1.11. The Bertz CT molecular complexity index is 105. The fourth-order valence-electron chi connectivity index (χ4n) is 0. The van der Waals surface area contributed by atoms with Gasteiger partial charge in [-0.3, -0.25) is 5.41 Å². The van der Waals surface area contributed by atoms with Gasteiger partial charge in [-0.1, -0.05) is 6.92 Å². The monoisotopic (exact) mass is 172 g/mol. The molecule has 4 nitrogen and oxygen atoms in total. The van der Waals surface area contributed by atoms with E-state index in [0.29, 0.717) is 0 Å². The van der Waals surface area contributed by atoms with Crippen LogP contribution in [0.25, 0.3) is 0 Å². The van der Waals surface area contributed by atoms with Crippen LogP contribution in [-0.4, -0.2) is 11.1 Å². The summed E-state index contributed by atoms with van der Waals surface area (Å²) in [6.07, 6.45) is 0.111. The van der Waals surface area contributed by atoms with Gasteiger partial charge in [-0.2, -0.15) is 0 Å². The minimum atomic E-state index is -0.995. The van der Waals surface area contributed by atoms with Crippen molar-refractivity contribution in [3.05, 3.63) is 0 Å². The summed E-state index contributed by atoms with van der Waals surface area (Å²) in [6, 6.07) is 0. The molecule has 0 saturated carbocycles. The number of carbonyl (C=O) groups is 1. The molecule has 0 rings (SSSR count). The SMILES string of the molecule is CCC(=O)[O-].N=C(N)S.[Na+]. The molecule has 0 fully saturated rings. The third-order valence-corrected chi connectivity index (χ3v) is 0.289. The summed E-state index contributed by atoms with van der Waals surface area (Å²) in [4.78, 5) is 9.26. The van der Waals surface area contributed by atoms with Crippen LogP contribution in [0.5, 0.6) is 0 Å². The van der Waals surface area contributed by atoms with E-state index in [1.165, 1.54) is 6.92 Å². The van der Waals surface area contributed by atoms with E-state index < -0.39 is 5.97 Å². The Hall–Kier alpha value is 0.290. The van der Waals surface area contributed by atoms with E-state index in [0.717, 1.165) is 0 Å². The van der Waals surface area contributed by atoms with Gasteiger partial charge in [0.05, 0.1) is 0 Å². The Morgan fingerprint density at radius 2 is 1.90 bits per heavy atom. The van der Waals surface area contributed by atoms with Crippen LogP contribution in [0.15, 0.2) is 0 Å². The Balaban J connectivity index is -0.0000000910. The van der Waals surface area contributed by atoms with Crippen LogP contribution >= 0.6 is 12.6 Å². The number of nitrogens with two attached hydrogens (primary N) is 1. The summed E-state index contributed by atoms with van der Waals surface area (Å²) in [7, 11) is 0. The van der Waals surface area contributed by atoms with Gasteiger partial charge in [0.1, 0.15) is 5.17 Å². The quantitative estimate of drug-likeness (QED) is 0.163. The van der Waals surface area contributed by atoms with Crippen molar-refractivity contribution in [1.29, 1.82) is 5.41 Å². The molecule has 0 spiro atoms. The summed E-state index contributed by atoms with van der Waals surface area (Å²) >= 11 is 3.33. The van der Waals surface area contributed by atoms with Gasteiger partial charge < -0.3 is 15.6 Å². The molecule has 0 aromatic heterocycles. The van der Waals surface area contributed by atoms with Crippen LogP contribution in [0.2, 0.25) is 0 Å². The first kappa shape index (κ1) is 16.7. The molecule has 0 amide bonds. The molecule has 0 aromatic rings. The zero-order valence-electron chi connectivity index (χ0n) is 6.05. The summed E-state index contributed by atoms with van der Waals surface area (Å²) in [5.74, 6) is -0.995.